The van der Waals surface area contributed by atoms with Gasteiger partial charge in [0.05, 0.1) is 6.42 Å². The summed E-state index contributed by atoms with van der Waals surface area (Å²) < 4.78 is 11.0. The Morgan fingerprint density at radius 1 is 1.04 bits per heavy atom. The molecule has 0 saturated carbocycles. The van der Waals surface area contributed by atoms with Crippen LogP contribution in [-0.2, 0) is 16.0 Å². The topological polar surface area (TPSA) is 76.7 Å². The van der Waals surface area contributed by atoms with Crippen molar-refractivity contribution in [1.82, 2.24) is 5.32 Å². The molecule has 1 aliphatic heterocycles. The first-order valence-electron chi connectivity index (χ1n) is 9.06. The van der Waals surface area contributed by atoms with Crippen LogP contribution in [0.5, 0.6) is 11.5 Å². The van der Waals surface area contributed by atoms with Gasteiger partial charge in [-0.2, -0.15) is 0 Å². The molecule has 0 fully saturated rings. The van der Waals surface area contributed by atoms with Crippen LogP contribution in [0.1, 0.15) is 25.8 Å². The summed E-state index contributed by atoms with van der Waals surface area (Å²) in [6.45, 7) is 4.59. The number of benzene rings is 2. The lowest BCUT2D eigenvalue weighted by Gasteiger charge is -2.28. The van der Waals surface area contributed by atoms with Gasteiger partial charge in [0.2, 0.25) is 11.8 Å². The van der Waals surface area contributed by atoms with Crippen LogP contribution in [0.15, 0.2) is 48.5 Å². The second kappa shape index (κ2) is 8.12. The van der Waals surface area contributed by atoms with Gasteiger partial charge in [-0.1, -0.05) is 37.3 Å². The molecule has 2 N–H and O–H groups in total. The summed E-state index contributed by atoms with van der Waals surface area (Å²) >= 11 is 0. The molecule has 0 spiro atoms. The number of hydrogen-bond donors (Lipinski definition) is 2. The van der Waals surface area contributed by atoms with Crippen LogP contribution in [0.3, 0.4) is 0 Å². The van der Waals surface area contributed by atoms with Gasteiger partial charge in [-0.3, -0.25) is 9.59 Å². The van der Waals surface area contributed by atoms with Crippen molar-refractivity contribution in [3.8, 4) is 11.5 Å². The van der Waals surface area contributed by atoms with Crippen molar-refractivity contribution in [2.75, 3.05) is 18.5 Å². The number of amides is 2. The van der Waals surface area contributed by atoms with Crippen molar-refractivity contribution in [2.24, 2.45) is 0 Å². The monoisotopic (exact) mass is 368 g/mol. The van der Waals surface area contributed by atoms with Crippen molar-refractivity contribution in [3.05, 3.63) is 54.1 Å². The van der Waals surface area contributed by atoms with E-state index in [0.29, 0.717) is 36.8 Å². The summed E-state index contributed by atoms with van der Waals surface area (Å²) in [6, 6.07) is 14.7. The third kappa shape index (κ3) is 4.58. The average molecular weight is 368 g/mol. The Hall–Kier alpha value is -3.02. The molecule has 0 aliphatic carbocycles. The molecule has 0 unspecified atom stereocenters. The number of nitrogens with one attached hydrogen (secondary N) is 2. The lowest BCUT2D eigenvalue weighted by atomic mass is 9.96. The average Bonchev–Trinajstić information content (AvgIpc) is 2.68. The van der Waals surface area contributed by atoms with Crippen molar-refractivity contribution in [1.29, 1.82) is 0 Å². The molecule has 1 heterocycles. The Balaban J connectivity index is 1.66. The van der Waals surface area contributed by atoms with Crippen molar-refractivity contribution < 1.29 is 19.1 Å². The molecule has 6 nitrogen and oxygen atoms in total. The maximum atomic E-state index is 12.8. The highest BCUT2D eigenvalue weighted by Gasteiger charge is 2.33. The zero-order valence-corrected chi connectivity index (χ0v) is 15.6. The van der Waals surface area contributed by atoms with E-state index in [4.69, 9.17) is 9.47 Å². The van der Waals surface area contributed by atoms with E-state index < -0.39 is 5.54 Å². The highest BCUT2D eigenvalue weighted by Crippen LogP contribution is 2.32. The van der Waals surface area contributed by atoms with Crippen LogP contribution in [-0.4, -0.2) is 30.6 Å². The molecule has 0 saturated heterocycles. The Labute approximate surface area is 158 Å². The van der Waals surface area contributed by atoms with Crippen LogP contribution in [0, 0.1) is 0 Å². The molecule has 0 aromatic heterocycles. The van der Waals surface area contributed by atoms with Crippen LogP contribution >= 0.6 is 0 Å². The van der Waals surface area contributed by atoms with E-state index in [9.17, 15) is 9.59 Å². The highest BCUT2D eigenvalue weighted by molar-refractivity contribution is 6.00. The lowest BCUT2D eigenvalue weighted by Crippen LogP contribution is -2.54. The number of anilines is 1. The number of rotatable bonds is 6. The molecule has 27 heavy (non-hydrogen) atoms. The zero-order valence-electron chi connectivity index (χ0n) is 15.6. The fourth-order valence-electron chi connectivity index (χ4n) is 2.83. The van der Waals surface area contributed by atoms with Gasteiger partial charge < -0.3 is 20.1 Å². The minimum atomic E-state index is -1.01. The van der Waals surface area contributed by atoms with Crippen LogP contribution in [0.2, 0.25) is 0 Å². The van der Waals surface area contributed by atoms with Crippen LogP contribution in [0.4, 0.5) is 5.69 Å². The van der Waals surface area contributed by atoms with Crippen LogP contribution in [0.25, 0.3) is 0 Å². The van der Waals surface area contributed by atoms with E-state index in [1.807, 2.05) is 37.3 Å². The molecule has 0 bridgehead atoms. The Kier molecular flexibility index (Phi) is 5.64. The summed E-state index contributed by atoms with van der Waals surface area (Å²) in [5, 5.41) is 5.73. The van der Waals surface area contributed by atoms with Gasteiger partial charge in [-0.15, -0.1) is 0 Å². The van der Waals surface area contributed by atoms with Gasteiger partial charge in [-0.05, 0) is 31.0 Å². The van der Waals surface area contributed by atoms with Crippen molar-refractivity contribution in [3.63, 3.8) is 0 Å². The van der Waals surface area contributed by atoms with Crippen LogP contribution < -0.4 is 20.1 Å². The fraction of sp³-hybridized carbons (Fsp3) is 0.333. The predicted octanol–water partition coefficient (Wildman–Crippen LogP) is 2.92. The second-order valence-corrected chi connectivity index (χ2v) is 6.71. The highest BCUT2D eigenvalue weighted by atomic mass is 16.6. The summed E-state index contributed by atoms with van der Waals surface area (Å²) in [5.41, 5.74) is 0.487. The molecule has 1 atom stereocenters. The molecule has 0 radical (unpaired) electrons. The Morgan fingerprint density at radius 2 is 1.74 bits per heavy atom. The first kappa shape index (κ1) is 18.8. The van der Waals surface area contributed by atoms with E-state index >= 15 is 0 Å². The van der Waals surface area contributed by atoms with Gasteiger partial charge in [0.1, 0.15) is 18.8 Å². The number of fused-ring (bicyclic) bond motifs is 1. The molecule has 1 aliphatic rings. The van der Waals surface area contributed by atoms with E-state index in [1.165, 1.54) is 0 Å². The third-order valence-corrected chi connectivity index (χ3v) is 4.63. The first-order chi connectivity index (χ1) is 13.0. The third-order valence-electron chi connectivity index (χ3n) is 4.63. The molecular formula is C21H24N2O4. The van der Waals surface area contributed by atoms with Gasteiger partial charge >= 0.3 is 0 Å². The fourth-order valence-corrected chi connectivity index (χ4v) is 2.83. The summed E-state index contributed by atoms with van der Waals surface area (Å²) in [5.74, 6) is 0.796. The Bertz CT molecular complexity index is 822. The van der Waals surface area contributed by atoms with Crippen molar-refractivity contribution >= 4 is 17.5 Å². The number of carbonyl (C=O) groups is 2. The number of hydrogen-bond acceptors (Lipinski definition) is 4. The molecule has 3 rings (SSSR count). The molecule has 2 aromatic rings. The van der Waals surface area contributed by atoms with E-state index in [2.05, 4.69) is 10.6 Å². The maximum absolute atomic E-state index is 12.8. The van der Waals surface area contributed by atoms with Gasteiger partial charge in [-0.25, -0.2) is 0 Å². The van der Waals surface area contributed by atoms with Gasteiger partial charge in [0.15, 0.2) is 11.5 Å². The maximum Gasteiger partial charge on any atom is 0.249 e. The largest absolute Gasteiger partial charge is 0.486 e. The summed E-state index contributed by atoms with van der Waals surface area (Å²) in [6.07, 6.45) is 0.692. The molecule has 142 valence electrons. The molecule has 6 heteroatoms. The number of carbonyl (C=O) groups excluding carboxylic acids is 2. The van der Waals surface area contributed by atoms with E-state index in [0.717, 1.165) is 5.56 Å². The quantitative estimate of drug-likeness (QED) is 0.822. The molecule has 2 aromatic carbocycles. The molecular weight excluding hydrogens is 344 g/mol. The van der Waals surface area contributed by atoms with Gasteiger partial charge in [0, 0.05) is 11.8 Å². The lowest BCUT2D eigenvalue weighted by molar-refractivity contribution is -0.129. The standard InChI is InChI=1S/C21H24N2O4/c1-3-21(2,23-19(24)13-15-7-5-4-6-8-15)20(25)22-16-9-10-17-18(14-16)27-12-11-26-17/h4-10,14H,3,11-13H2,1-2H3,(H,22,25)(H,23,24)/t21-/m0/s1. The van der Waals surface area contributed by atoms with Crippen molar-refractivity contribution in [2.45, 2.75) is 32.2 Å². The molecule has 2 amide bonds. The summed E-state index contributed by atoms with van der Waals surface area (Å²) in [7, 11) is 0. The Morgan fingerprint density at radius 3 is 2.44 bits per heavy atom. The normalized spacial score (nSPS) is 14.7. The zero-order chi connectivity index (χ0) is 19.3. The van der Waals surface area contributed by atoms with E-state index in [1.54, 1.807) is 25.1 Å². The predicted molar refractivity (Wildman–Crippen MR) is 103 cm³/mol. The van der Waals surface area contributed by atoms with Gasteiger partial charge in [0.25, 0.3) is 0 Å². The second-order valence-electron chi connectivity index (χ2n) is 6.71. The minimum Gasteiger partial charge on any atom is -0.486 e. The first-order valence-corrected chi connectivity index (χ1v) is 9.06. The van der Waals surface area contributed by atoms with E-state index in [-0.39, 0.29) is 18.2 Å². The number of ether oxygens (including phenoxy) is 2. The minimum absolute atomic E-state index is 0.192. The SMILES string of the molecule is CC[C@](C)(NC(=O)Cc1ccccc1)C(=O)Nc1ccc2c(c1)OCCO2. The summed E-state index contributed by atoms with van der Waals surface area (Å²) in [4.78, 5) is 25.2. The smallest absolute Gasteiger partial charge is 0.249 e.